The fourth-order valence-corrected chi connectivity index (χ4v) is 4.12. The highest BCUT2D eigenvalue weighted by atomic mass is 32.1. The normalized spacial score (nSPS) is 18.6. The van der Waals surface area contributed by atoms with E-state index >= 15 is 0 Å². The molecule has 142 valence electrons. The zero-order valence-electron chi connectivity index (χ0n) is 15.7. The highest BCUT2D eigenvalue weighted by molar-refractivity contribution is 7.14. The lowest BCUT2D eigenvalue weighted by atomic mass is 9.94. The average Bonchev–Trinajstić information content (AvgIpc) is 3.22. The van der Waals surface area contributed by atoms with Crippen molar-refractivity contribution in [3.8, 4) is 0 Å². The molecule has 8 heteroatoms. The number of amides is 3. The Morgan fingerprint density at radius 3 is 2.35 bits per heavy atom. The van der Waals surface area contributed by atoms with Crippen molar-refractivity contribution >= 4 is 34.2 Å². The number of carbonyl (C=O) groups excluding carboxylic acids is 3. The standard InChI is InChI=1S/C18H26N4O3S/c1-18(2,3)16(25)21-9-7-20(8-10-21)15(24)11-13-12-26-17(19-13)22-6-4-5-14(22)23/h12H,4-11H2,1-3H3. The van der Waals surface area contributed by atoms with Crippen molar-refractivity contribution in [2.75, 3.05) is 37.6 Å². The van der Waals surface area contributed by atoms with Crippen molar-refractivity contribution in [1.82, 2.24) is 14.8 Å². The van der Waals surface area contributed by atoms with Gasteiger partial charge >= 0.3 is 0 Å². The molecule has 26 heavy (non-hydrogen) atoms. The Morgan fingerprint density at radius 1 is 1.12 bits per heavy atom. The van der Waals surface area contributed by atoms with E-state index in [-0.39, 0.29) is 24.1 Å². The summed E-state index contributed by atoms with van der Waals surface area (Å²) in [6, 6.07) is 0. The predicted octanol–water partition coefficient (Wildman–Crippen LogP) is 1.53. The van der Waals surface area contributed by atoms with E-state index in [0.717, 1.165) is 6.42 Å². The summed E-state index contributed by atoms with van der Waals surface area (Å²) in [7, 11) is 0. The zero-order valence-corrected chi connectivity index (χ0v) is 16.5. The van der Waals surface area contributed by atoms with E-state index in [9.17, 15) is 14.4 Å². The molecular weight excluding hydrogens is 352 g/mol. The number of piperazine rings is 1. The monoisotopic (exact) mass is 378 g/mol. The summed E-state index contributed by atoms with van der Waals surface area (Å²) >= 11 is 1.42. The number of aromatic nitrogens is 1. The van der Waals surface area contributed by atoms with Crippen molar-refractivity contribution in [2.24, 2.45) is 5.41 Å². The Labute approximate surface area is 158 Å². The van der Waals surface area contributed by atoms with Crippen LogP contribution in [0.3, 0.4) is 0 Å². The van der Waals surface area contributed by atoms with Crippen LogP contribution in [0, 0.1) is 5.41 Å². The second-order valence-corrected chi connectivity index (χ2v) is 8.71. The van der Waals surface area contributed by atoms with Gasteiger partial charge in [0, 0.05) is 49.9 Å². The minimum atomic E-state index is -0.393. The van der Waals surface area contributed by atoms with E-state index < -0.39 is 5.41 Å². The van der Waals surface area contributed by atoms with Gasteiger partial charge in [0.1, 0.15) is 0 Å². The number of rotatable bonds is 3. The molecule has 7 nitrogen and oxygen atoms in total. The van der Waals surface area contributed by atoms with Gasteiger partial charge in [0.15, 0.2) is 5.13 Å². The van der Waals surface area contributed by atoms with E-state index in [4.69, 9.17) is 0 Å². The molecule has 0 aromatic carbocycles. The van der Waals surface area contributed by atoms with Crippen LogP contribution < -0.4 is 4.90 Å². The lowest BCUT2D eigenvalue weighted by Crippen LogP contribution is -2.53. The highest BCUT2D eigenvalue weighted by Gasteiger charge is 2.31. The number of hydrogen-bond donors (Lipinski definition) is 0. The second-order valence-electron chi connectivity index (χ2n) is 7.87. The molecule has 3 amide bonds. The predicted molar refractivity (Wildman–Crippen MR) is 100 cm³/mol. The van der Waals surface area contributed by atoms with E-state index in [1.165, 1.54) is 11.3 Å². The van der Waals surface area contributed by atoms with E-state index in [0.29, 0.717) is 50.0 Å². The Morgan fingerprint density at radius 2 is 1.77 bits per heavy atom. The number of nitrogens with zero attached hydrogens (tertiary/aromatic N) is 4. The first-order valence-electron chi connectivity index (χ1n) is 9.07. The zero-order chi connectivity index (χ0) is 18.9. The van der Waals surface area contributed by atoms with Gasteiger partial charge in [-0.2, -0.15) is 0 Å². The van der Waals surface area contributed by atoms with Gasteiger partial charge < -0.3 is 9.80 Å². The topological polar surface area (TPSA) is 73.8 Å². The molecule has 0 N–H and O–H groups in total. The Hall–Kier alpha value is -1.96. The maximum atomic E-state index is 12.5. The molecule has 0 atom stereocenters. The molecule has 2 aliphatic rings. The molecule has 2 saturated heterocycles. The van der Waals surface area contributed by atoms with Gasteiger partial charge in [0.25, 0.3) is 0 Å². The molecule has 1 aromatic heterocycles. The quantitative estimate of drug-likeness (QED) is 0.799. The van der Waals surface area contributed by atoms with Gasteiger partial charge in [0.2, 0.25) is 17.7 Å². The largest absolute Gasteiger partial charge is 0.339 e. The van der Waals surface area contributed by atoms with Crippen LogP contribution in [0.5, 0.6) is 0 Å². The van der Waals surface area contributed by atoms with E-state index in [1.807, 2.05) is 31.1 Å². The number of anilines is 1. The van der Waals surface area contributed by atoms with E-state index in [2.05, 4.69) is 4.98 Å². The molecule has 1 aromatic rings. The van der Waals surface area contributed by atoms with Crippen LogP contribution in [0.1, 0.15) is 39.3 Å². The third-order valence-corrected chi connectivity index (χ3v) is 5.65. The Kier molecular flexibility index (Phi) is 5.32. The molecule has 2 aliphatic heterocycles. The summed E-state index contributed by atoms with van der Waals surface area (Å²) in [5.41, 5.74) is 0.318. The number of thiazole rings is 1. The summed E-state index contributed by atoms with van der Waals surface area (Å²) in [5, 5.41) is 2.55. The molecule has 0 bridgehead atoms. The first-order chi connectivity index (χ1) is 12.3. The fraction of sp³-hybridized carbons (Fsp3) is 0.667. The molecule has 0 unspecified atom stereocenters. The third-order valence-electron chi connectivity index (χ3n) is 4.74. The van der Waals surface area contributed by atoms with Crippen LogP contribution in [0.2, 0.25) is 0 Å². The van der Waals surface area contributed by atoms with Gasteiger partial charge in [0.05, 0.1) is 12.1 Å². The van der Waals surface area contributed by atoms with Gasteiger partial charge in [-0.05, 0) is 6.42 Å². The summed E-state index contributed by atoms with van der Waals surface area (Å²) in [6.45, 7) is 8.72. The summed E-state index contributed by atoms with van der Waals surface area (Å²) < 4.78 is 0. The van der Waals surface area contributed by atoms with Crippen molar-refractivity contribution in [2.45, 2.75) is 40.0 Å². The van der Waals surface area contributed by atoms with Crippen LogP contribution in [0.4, 0.5) is 5.13 Å². The summed E-state index contributed by atoms with van der Waals surface area (Å²) in [5.74, 6) is 0.262. The maximum absolute atomic E-state index is 12.5. The fourth-order valence-electron chi connectivity index (χ4n) is 3.25. The maximum Gasteiger partial charge on any atom is 0.228 e. The van der Waals surface area contributed by atoms with Gasteiger partial charge in [-0.15, -0.1) is 11.3 Å². The third kappa shape index (κ3) is 4.06. The first kappa shape index (κ1) is 18.8. The molecular formula is C18H26N4O3S. The van der Waals surface area contributed by atoms with Crippen LogP contribution >= 0.6 is 11.3 Å². The van der Waals surface area contributed by atoms with Crippen LogP contribution in [-0.4, -0.2) is 65.2 Å². The smallest absolute Gasteiger partial charge is 0.228 e. The van der Waals surface area contributed by atoms with Crippen LogP contribution in [0.25, 0.3) is 0 Å². The lowest BCUT2D eigenvalue weighted by molar-refractivity contribution is -0.144. The van der Waals surface area contributed by atoms with Crippen LogP contribution in [-0.2, 0) is 20.8 Å². The molecule has 3 heterocycles. The molecule has 0 saturated carbocycles. The van der Waals surface area contributed by atoms with Gasteiger partial charge in [-0.1, -0.05) is 20.8 Å². The summed E-state index contributed by atoms with van der Waals surface area (Å²) in [4.78, 5) is 46.5. The molecule has 0 aliphatic carbocycles. The minimum absolute atomic E-state index is 0.0254. The van der Waals surface area contributed by atoms with Gasteiger partial charge in [-0.25, -0.2) is 4.98 Å². The lowest BCUT2D eigenvalue weighted by Gasteiger charge is -2.37. The van der Waals surface area contributed by atoms with Crippen molar-refractivity contribution in [3.05, 3.63) is 11.1 Å². The summed E-state index contributed by atoms with van der Waals surface area (Å²) in [6.07, 6.45) is 1.68. The Balaban J connectivity index is 1.53. The molecule has 0 spiro atoms. The molecule has 2 fully saturated rings. The second kappa shape index (κ2) is 7.34. The van der Waals surface area contributed by atoms with E-state index in [1.54, 1.807) is 9.80 Å². The molecule has 3 rings (SSSR count). The molecule has 0 radical (unpaired) electrons. The highest BCUT2D eigenvalue weighted by Crippen LogP contribution is 2.25. The number of hydrogen-bond acceptors (Lipinski definition) is 5. The SMILES string of the molecule is CC(C)(C)C(=O)N1CCN(C(=O)Cc2csc(N3CCCC3=O)n2)CC1. The van der Waals surface area contributed by atoms with Crippen molar-refractivity contribution in [1.29, 1.82) is 0 Å². The first-order valence-corrected chi connectivity index (χ1v) is 9.95. The number of carbonyl (C=O) groups is 3. The van der Waals surface area contributed by atoms with Crippen molar-refractivity contribution < 1.29 is 14.4 Å². The Bertz CT molecular complexity index is 702. The average molecular weight is 378 g/mol. The van der Waals surface area contributed by atoms with Crippen LogP contribution in [0.15, 0.2) is 5.38 Å². The van der Waals surface area contributed by atoms with Gasteiger partial charge in [-0.3, -0.25) is 19.3 Å². The van der Waals surface area contributed by atoms with Crippen molar-refractivity contribution in [3.63, 3.8) is 0 Å². The minimum Gasteiger partial charge on any atom is -0.339 e.